The van der Waals surface area contributed by atoms with Gasteiger partial charge in [0.05, 0.1) is 0 Å². The quantitative estimate of drug-likeness (QED) is 0.918. The molecule has 1 aliphatic heterocycles. The van der Waals surface area contributed by atoms with E-state index in [0.29, 0.717) is 6.04 Å². The van der Waals surface area contributed by atoms with Crippen LogP contribution in [0.15, 0.2) is 12.1 Å². The minimum Gasteiger partial charge on any atom is -0.329 e. The predicted molar refractivity (Wildman–Crippen MR) is 78.0 cm³/mol. The highest BCUT2D eigenvalue weighted by atomic mass is 35.5. The van der Waals surface area contributed by atoms with Crippen LogP contribution in [-0.4, -0.2) is 24.0 Å². The molecule has 0 radical (unpaired) electrons. The molecule has 4 heteroatoms. The minimum absolute atomic E-state index is 0. The van der Waals surface area contributed by atoms with Crippen LogP contribution in [0.5, 0.6) is 0 Å². The number of likely N-dealkylation sites (tertiary alicyclic amines) is 1. The smallest absolute Gasteiger partial charge is 0.0331 e. The monoisotopic (exact) mass is 274 g/mol. The standard InChI is InChI=1S/C13H22N2S.ClH/c1-10-5-6-15(12(7-10)8-14)9-13-4-3-11(2)16-13;/h3-4,10,12H,5-9,14H2,1-2H3;1H. The van der Waals surface area contributed by atoms with Crippen LogP contribution >= 0.6 is 23.7 Å². The number of aryl methyl sites for hydroxylation is 1. The Balaban J connectivity index is 0.00000144. The van der Waals surface area contributed by atoms with Crippen molar-refractivity contribution in [3.63, 3.8) is 0 Å². The predicted octanol–water partition coefficient (Wildman–Crippen LogP) is 3.04. The van der Waals surface area contributed by atoms with Gasteiger partial charge in [-0.2, -0.15) is 0 Å². The molecule has 0 saturated carbocycles. The first-order valence-electron chi connectivity index (χ1n) is 6.18. The molecular formula is C13H23ClN2S. The summed E-state index contributed by atoms with van der Waals surface area (Å²) in [6.45, 7) is 7.62. The van der Waals surface area contributed by atoms with Gasteiger partial charge in [0.2, 0.25) is 0 Å². The van der Waals surface area contributed by atoms with Gasteiger partial charge in [-0.05, 0) is 44.4 Å². The Morgan fingerprint density at radius 1 is 1.47 bits per heavy atom. The Hall–Kier alpha value is -0.0900. The van der Waals surface area contributed by atoms with Gasteiger partial charge in [-0.25, -0.2) is 0 Å². The van der Waals surface area contributed by atoms with Crippen LogP contribution in [-0.2, 0) is 6.54 Å². The van der Waals surface area contributed by atoms with Crippen molar-refractivity contribution >= 4 is 23.7 Å². The van der Waals surface area contributed by atoms with Gasteiger partial charge in [0.25, 0.3) is 0 Å². The van der Waals surface area contributed by atoms with E-state index in [0.717, 1.165) is 19.0 Å². The van der Waals surface area contributed by atoms with Crippen molar-refractivity contribution in [2.24, 2.45) is 11.7 Å². The van der Waals surface area contributed by atoms with Gasteiger partial charge in [0.1, 0.15) is 0 Å². The lowest BCUT2D eigenvalue weighted by molar-refractivity contribution is 0.116. The van der Waals surface area contributed by atoms with E-state index in [-0.39, 0.29) is 12.4 Å². The van der Waals surface area contributed by atoms with Crippen LogP contribution in [0.4, 0.5) is 0 Å². The maximum absolute atomic E-state index is 5.88. The molecule has 2 heterocycles. The van der Waals surface area contributed by atoms with Crippen molar-refractivity contribution in [1.29, 1.82) is 0 Å². The molecule has 0 aromatic carbocycles. The summed E-state index contributed by atoms with van der Waals surface area (Å²) >= 11 is 1.91. The number of piperidine rings is 1. The molecule has 1 aromatic heterocycles. The summed E-state index contributed by atoms with van der Waals surface area (Å²) < 4.78 is 0. The Labute approximate surface area is 115 Å². The molecule has 2 nitrogen and oxygen atoms in total. The zero-order valence-corrected chi connectivity index (χ0v) is 12.3. The molecule has 2 rings (SSSR count). The fourth-order valence-electron chi connectivity index (χ4n) is 2.52. The van der Waals surface area contributed by atoms with E-state index in [2.05, 4.69) is 30.9 Å². The third kappa shape index (κ3) is 3.95. The molecule has 2 N–H and O–H groups in total. The molecular weight excluding hydrogens is 252 g/mol. The van der Waals surface area contributed by atoms with Crippen molar-refractivity contribution in [2.75, 3.05) is 13.1 Å². The van der Waals surface area contributed by atoms with Crippen molar-refractivity contribution in [2.45, 2.75) is 39.3 Å². The fourth-order valence-corrected chi connectivity index (χ4v) is 3.44. The lowest BCUT2D eigenvalue weighted by atomic mass is 9.92. The Morgan fingerprint density at radius 2 is 2.24 bits per heavy atom. The van der Waals surface area contributed by atoms with Gasteiger partial charge >= 0.3 is 0 Å². The maximum Gasteiger partial charge on any atom is 0.0331 e. The summed E-state index contributed by atoms with van der Waals surface area (Å²) in [7, 11) is 0. The summed E-state index contributed by atoms with van der Waals surface area (Å²) in [5.41, 5.74) is 5.88. The van der Waals surface area contributed by atoms with E-state index in [9.17, 15) is 0 Å². The first kappa shape index (κ1) is 15.0. The molecule has 0 spiro atoms. The Kier molecular flexibility index (Phi) is 5.93. The second kappa shape index (κ2) is 6.74. The second-order valence-corrected chi connectivity index (χ2v) is 6.37. The number of nitrogens with zero attached hydrogens (tertiary/aromatic N) is 1. The molecule has 1 aliphatic rings. The summed E-state index contributed by atoms with van der Waals surface area (Å²) in [6, 6.07) is 5.06. The molecule has 1 fully saturated rings. The van der Waals surface area contributed by atoms with Gasteiger partial charge in [-0.15, -0.1) is 23.7 Å². The van der Waals surface area contributed by atoms with Gasteiger partial charge in [-0.1, -0.05) is 6.92 Å². The first-order valence-corrected chi connectivity index (χ1v) is 7.00. The zero-order valence-electron chi connectivity index (χ0n) is 10.7. The molecule has 0 bridgehead atoms. The van der Waals surface area contributed by atoms with E-state index in [1.165, 1.54) is 29.1 Å². The summed E-state index contributed by atoms with van der Waals surface area (Å²) in [4.78, 5) is 5.45. The summed E-state index contributed by atoms with van der Waals surface area (Å²) in [5, 5.41) is 0. The summed E-state index contributed by atoms with van der Waals surface area (Å²) in [6.07, 6.45) is 2.59. The molecule has 2 unspecified atom stereocenters. The molecule has 1 saturated heterocycles. The van der Waals surface area contributed by atoms with Gasteiger partial charge in [0, 0.05) is 28.9 Å². The van der Waals surface area contributed by atoms with Gasteiger partial charge in [-0.3, -0.25) is 4.90 Å². The Bertz CT molecular complexity index is 340. The van der Waals surface area contributed by atoms with Crippen molar-refractivity contribution in [3.05, 3.63) is 21.9 Å². The zero-order chi connectivity index (χ0) is 11.5. The topological polar surface area (TPSA) is 29.3 Å². The normalized spacial score (nSPS) is 25.6. The van der Waals surface area contributed by atoms with E-state index in [1.807, 2.05) is 11.3 Å². The number of nitrogens with two attached hydrogens (primary N) is 1. The molecule has 2 atom stereocenters. The number of hydrogen-bond donors (Lipinski definition) is 1. The highest BCUT2D eigenvalue weighted by molar-refractivity contribution is 7.11. The summed E-state index contributed by atoms with van der Waals surface area (Å²) in [5.74, 6) is 0.842. The number of halogens is 1. The fraction of sp³-hybridized carbons (Fsp3) is 0.692. The van der Waals surface area contributed by atoms with Crippen LogP contribution in [0.1, 0.15) is 29.5 Å². The van der Waals surface area contributed by atoms with E-state index < -0.39 is 0 Å². The minimum atomic E-state index is 0. The van der Waals surface area contributed by atoms with Crippen LogP contribution in [0, 0.1) is 12.8 Å². The third-order valence-corrected chi connectivity index (χ3v) is 4.51. The van der Waals surface area contributed by atoms with Crippen LogP contribution in [0.3, 0.4) is 0 Å². The van der Waals surface area contributed by atoms with Crippen molar-refractivity contribution in [3.8, 4) is 0 Å². The highest BCUT2D eigenvalue weighted by Gasteiger charge is 2.25. The van der Waals surface area contributed by atoms with Crippen LogP contribution in [0.25, 0.3) is 0 Å². The first-order chi connectivity index (χ1) is 7.69. The molecule has 0 aliphatic carbocycles. The SMILES string of the molecule is Cc1ccc(CN2CCC(C)CC2CN)s1.Cl. The second-order valence-electron chi connectivity index (χ2n) is 5.00. The number of hydrogen-bond acceptors (Lipinski definition) is 3. The third-order valence-electron chi connectivity index (χ3n) is 3.53. The lowest BCUT2D eigenvalue weighted by Crippen LogP contribution is -2.45. The maximum atomic E-state index is 5.88. The Morgan fingerprint density at radius 3 is 2.82 bits per heavy atom. The average Bonchev–Trinajstić information content (AvgIpc) is 2.67. The molecule has 98 valence electrons. The highest BCUT2D eigenvalue weighted by Crippen LogP contribution is 2.25. The average molecular weight is 275 g/mol. The largest absolute Gasteiger partial charge is 0.329 e. The van der Waals surface area contributed by atoms with E-state index >= 15 is 0 Å². The number of thiophene rings is 1. The molecule has 1 aromatic rings. The van der Waals surface area contributed by atoms with E-state index in [1.54, 1.807) is 0 Å². The number of rotatable bonds is 3. The van der Waals surface area contributed by atoms with Crippen molar-refractivity contribution < 1.29 is 0 Å². The van der Waals surface area contributed by atoms with Gasteiger partial charge < -0.3 is 5.73 Å². The van der Waals surface area contributed by atoms with Crippen LogP contribution < -0.4 is 5.73 Å². The molecule has 0 amide bonds. The van der Waals surface area contributed by atoms with Crippen LogP contribution in [0.2, 0.25) is 0 Å². The lowest BCUT2D eigenvalue weighted by Gasteiger charge is -2.37. The van der Waals surface area contributed by atoms with E-state index in [4.69, 9.17) is 5.73 Å². The van der Waals surface area contributed by atoms with Gasteiger partial charge in [0.15, 0.2) is 0 Å². The molecule has 17 heavy (non-hydrogen) atoms. The van der Waals surface area contributed by atoms with Crippen molar-refractivity contribution in [1.82, 2.24) is 4.90 Å².